The van der Waals surface area contributed by atoms with E-state index in [4.69, 9.17) is 0 Å². The lowest BCUT2D eigenvalue weighted by Crippen LogP contribution is -2.08. The third-order valence-electron chi connectivity index (χ3n) is 2.15. The van der Waals surface area contributed by atoms with Gasteiger partial charge in [0, 0.05) is 11.9 Å². The second-order valence-electron chi connectivity index (χ2n) is 3.02. The summed E-state index contributed by atoms with van der Waals surface area (Å²) in [4.78, 5) is 15.5. The van der Waals surface area contributed by atoms with Crippen molar-refractivity contribution in [2.45, 2.75) is 20.8 Å². The van der Waals surface area contributed by atoms with Crippen LogP contribution in [0.4, 0.5) is 0 Å². The minimum atomic E-state index is -0.291. The molecular formula is C10H13NO2. The van der Waals surface area contributed by atoms with Gasteiger partial charge in [-0.25, -0.2) is 4.79 Å². The van der Waals surface area contributed by atoms with Crippen LogP contribution in [0.15, 0.2) is 6.20 Å². The van der Waals surface area contributed by atoms with Crippen molar-refractivity contribution in [3.05, 3.63) is 28.6 Å². The molecule has 0 aliphatic rings. The number of nitrogens with zero attached hydrogens (tertiary/aromatic N) is 1. The third-order valence-corrected chi connectivity index (χ3v) is 2.15. The van der Waals surface area contributed by atoms with E-state index in [9.17, 15) is 4.79 Å². The summed E-state index contributed by atoms with van der Waals surface area (Å²) in [6.07, 6.45) is 1.69. The molecule has 0 radical (unpaired) electrons. The summed E-state index contributed by atoms with van der Waals surface area (Å²) in [6.45, 7) is 5.61. The Labute approximate surface area is 77.8 Å². The molecule has 0 saturated heterocycles. The first-order valence-corrected chi connectivity index (χ1v) is 4.09. The fourth-order valence-electron chi connectivity index (χ4n) is 1.25. The molecule has 0 N–H and O–H groups in total. The molecule has 0 spiro atoms. The van der Waals surface area contributed by atoms with Gasteiger partial charge in [-0.05, 0) is 31.9 Å². The maximum absolute atomic E-state index is 11.4. The maximum Gasteiger partial charge on any atom is 0.338 e. The topological polar surface area (TPSA) is 39.2 Å². The van der Waals surface area contributed by atoms with Crippen LogP contribution < -0.4 is 0 Å². The van der Waals surface area contributed by atoms with Gasteiger partial charge in [0.25, 0.3) is 0 Å². The third kappa shape index (κ3) is 1.69. The molecule has 1 aromatic heterocycles. The van der Waals surface area contributed by atoms with Crippen LogP contribution in [0.1, 0.15) is 27.2 Å². The molecule has 3 heteroatoms. The highest BCUT2D eigenvalue weighted by Crippen LogP contribution is 2.15. The number of pyridine rings is 1. The minimum absolute atomic E-state index is 0.291. The Balaban J connectivity index is 3.33. The van der Waals surface area contributed by atoms with Gasteiger partial charge in [0.15, 0.2) is 0 Å². The molecule has 0 amide bonds. The summed E-state index contributed by atoms with van der Waals surface area (Å²) in [5.41, 5.74) is 3.25. The largest absolute Gasteiger partial charge is 0.465 e. The summed E-state index contributed by atoms with van der Waals surface area (Å²) >= 11 is 0. The molecule has 0 aliphatic heterocycles. The number of aromatic nitrogens is 1. The van der Waals surface area contributed by atoms with Crippen molar-refractivity contribution in [2.24, 2.45) is 0 Å². The van der Waals surface area contributed by atoms with E-state index in [1.807, 2.05) is 20.8 Å². The number of methoxy groups -OCH3 is 1. The Bertz CT molecular complexity index is 345. The van der Waals surface area contributed by atoms with Crippen molar-refractivity contribution in [3.8, 4) is 0 Å². The van der Waals surface area contributed by atoms with Gasteiger partial charge in [0.1, 0.15) is 0 Å². The van der Waals surface area contributed by atoms with Gasteiger partial charge in [-0.2, -0.15) is 0 Å². The fourth-order valence-corrected chi connectivity index (χ4v) is 1.25. The summed E-state index contributed by atoms with van der Waals surface area (Å²) in [5.74, 6) is -0.291. The van der Waals surface area contributed by atoms with E-state index < -0.39 is 0 Å². The zero-order valence-electron chi connectivity index (χ0n) is 8.34. The number of hydrogen-bond acceptors (Lipinski definition) is 3. The highest BCUT2D eigenvalue weighted by Gasteiger charge is 2.14. The first kappa shape index (κ1) is 9.71. The van der Waals surface area contributed by atoms with Gasteiger partial charge in [0.05, 0.1) is 12.7 Å². The number of carbonyl (C=O) groups excluding carboxylic acids is 1. The average molecular weight is 179 g/mol. The summed E-state index contributed by atoms with van der Waals surface area (Å²) in [6, 6.07) is 0. The van der Waals surface area contributed by atoms with Crippen LogP contribution in [0.2, 0.25) is 0 Å². The van der Waals surface area contributed by atoms with Crippen molar-refractivity contribution in [3.63, 3.8) is 0 Å². The minimum Gasteiger partial charge on any atom is -0.465 e. The number of carbonyl (C=O) groups is 1. The second-order valence-corrected chi connectivity index (χ2v) is 3.02. The Morgan fingerprint density at radius 2 is 2.00 bits per heavy atom. The molecular weight excluding hydrogens is 166 g/mol. The van der Waals surface area contributed by atoms with E-state index >= 15 is 0 Å². The predicted octanol–water partition coefficient (Wildman–Crippen LogP) is 1.79. The molecule has 0 unspecified atom stereocenters. The van der Waals surface area contributed by atoms with Gasteiger partial charge >= 0.3 is 5.97 Å². The van der Waals surface area contributed by atoms with Gasteiger partial charge in [-0.1, -0.05) is 0 Å². The Hall–Kier alpha value is -1.38. The summed E-state index contributed by atoms with van der Waals surface area (Å²) < 4.78 is 4.69. The van der Waals surface area contributed by atoms with Gasteiger partial charge in [0.2, 0.25) is 0 Å². The van der Waals surface area contributed by atoms with Crippen molar-refractivity contribution in [2.75, 3.05) is 7.11 Å². The highest BCUT2D eigenvalue weighted by atomic mass is 16.5. The van der Waals surface area contributed by atoms with E-state index in [0.717, 1.165) is 16.8 Å². The van der Waals surface area contributed by atoms with Crippen LogP contribution in [-0.4, -0.2) is 18.1 Å². The summed E-state index contributed by atoms with van der Waals surface area (Å²) in [7, 11) is 1.39. The van der Waals surface area contributed by atoms with Crippen molar-refractivity contribution in [1.29, 1.82) is 0 Å². The molecule has 0 atom stereocenters. The molecule has 1 heterocycles. The summed E-state index contributed by atoms with van der Waals surface area (Å²) in [5, 5.41) is 0. The molecule has 1 rings (SSSR count). The van der Waals surface area contributed by atoms with Crippen LogP contribution in [0.25, 0.3) is 0 Å². The number of ether oxygens (including phenoxy) is 1. The van der Waals surface area contributed by atoms with Crippen LogP contribution in [0.5, 0.6) is 0 Å². The van der Waals surface area contributed by atoms with Crippen molar-refractivity contribution < 1.29 is 9.53 Å². The Morgan fingerprint density at radius 3 is 2.54 bits per heavy atom. The van der Waals surface area contributed by atoms with Gasteiger partial charge < -0.3 is 4.74 Å². The lowest BCUT2D eigenvalue weighted by atomic mass is 10.0. The highest BCUT2D eigenvalue weighted by molar-refractivity contribution is 5.92. The molecule has 0 aliphatic carbocycles. The molecule has 0 aromatic carbocycles. The number of esters is 1. The molecule has 70 valence electrons. The van der Waals surface area contributed by atoms with Crippen LogP contribution in [0.3, 0.4) is 0 Å². The standard InChI is InChI=1S/C10H13NO2/c1-6-5-11-8(3)7(2)9(6)10(12)13-4/h5H,1-4H3. The fraction of sp³-hybridized carbons (Fsp3) is 0.400. The van der Waals surface area contributed by atoms with Crippen LogP contribution in [0, 0.1) is 20.8 Å². The molecule has 1 aromatic rings. The molecule has 0 bridgehead atoms. The number of aryl methyl sites for hydroxylation is 2. The van der Waals surface area contributed by atoms with E-state index in [-0.39, 0.29) is 5.97 Å². The molecule has 0 saturated carbocycles. The first-order valence-electron chi connectivity index (χ1n) is 4.09. The molecule has 13 heavy (non-hydrogen) atoms. The predicted molar refractivity (Wildman–Crippen MR) is 49.8 cm³/mol. The Morgan fingerprint density at radius 1 is 1.38 bits per heavy atom. The zero-order valence-corrected chi connectivity index (χ0v) is 8.34. The van der Waals surface area contributed by atoms with E-state index in [2.05, 4.69) is 9.72 Å². The normalized spacial score (nSPS) is 9.85. The van der Waals surface area contributed by atoms with Gasteiger partial charge in [-0.15, -0.1) is 0 Å². The second kappa shape index (κ2) is 3.56. The lowest BCUT2D eigenvalue weighted by molar-refractivity contribution is 0.0599. The molecule has 0 fully saturated rings. The average Bonchev–Trinajstić information content (AvgIpc) is 2.12. The van der Waals surface area contributed by atoms with Crippen LogP contribution >= 0.6 is 0 Å². The van der Waals surface area contributed by atoms with E-state index in [1.165, 1.54) is 7.11 Å². The van der Waals surface area contributed by atoms with Crippen LogP contribution in [-0.2, 0) is 4.74 Å². The van der Waals surface area contributed by atoms with Crippen molar-refractivity contribution in [1.82, 2.24) is 4.98 Å². The van der Waals surface area contributed by atoms with Gasteiger partial charge in [-0.3, -0.25) is 4.98 Å². The Kier molecular flexibility index (Phi) is 2.66. The monoisotopic (exact) mass is 179 g/mol. The lowest BCUT2D eigenvalue weighted by Gasteiger charge is -2.08. The van der Waals surface area contributed by atoms with E-state index in [0.29, 0.717) is 5.56 Å². The molecule has 3 nitrogen and oxygen atoms in total. The SMILES string of the molecule is COC(=O)c1c(C)cnc(C)c1C. The maximum atomic E-state index is 11.4. The van der Waals surface area contributed by atoms with Crippen molar-refractivity contribution >= 4 is 5.97 Å². The smallest absolute Gasteiger partial charge is 0.338 e. The number of hydrogen-bond donors (Lipinski definition) is 0. The number of rotatable bonds is 1. The van der Waals surface area contributed by atoms with E-state index in [1.54, 1.807) is 6.20 Å². The quantitative estimate of drug-likeness (QED) is 0.617. The zero-order chi connectivity index (χ0) is 10.0. The first-order chi connectivity index (χ1) is 6.07.